The van der Waals surface area contributed by atoms with Crippen molar-refractivity contribution in [2.75, 3.05) is 18.1 Å². The van der Waals surface area contributed by atoms with Crippen LogP contribution in [0.3, 0.4) is 0 Å². The first-order chi connectivity index (χ1) is 10.2. The summed E-state index contributed by atoms with van der Waals surface area (Å²) >= 11 is 0. The molecule has 3 rings (SSSR count). The topological polar surface area (TPSA) is 60.2 Å². The molecule has 1 aromatic heterocycles. The number of pyridine rings is 1. The molecule has 0 radical (unpaired) electrons. The summed E-state index contributed by atoms with van der Waals surface area (Å²) in [6, 6.07) is 15.4. The van der Waals surface area contributed by atoms with Gasteiger partial charge < -0.3 is 15.8 Å². The van der Waals surface area contributed by atoms with Crippen molar-refractivity contribution in [3.05, 3.63) is 54.2 Å². The molecule has 1 heterocycles. The molecule has 0 aliphatic heterocycles. The van der Waals surface area contributed by atoms with Crippen molar-refractivity contribution in [1.82, 2.24) is 4.98 Å². The van der Waals surface area contributed by atoms with E-state index in [9.17, 15) is 0 Å². The van der Waals surface area contributed by atoms with Crippen LogP contribution in [0.4, 0.5) is 11.4 Å². The highest BCUT2D eigenvalue weighted by molar-refractivity contribution is 5.97. The summed E-state index contributed by atoms with van der Waals surface area (Å²) in [6.45, 7) is 1.96. The van der Waals surface area contributed by atoms with Crippen LogP contribution in [0.25, 0.3) is 10.8 Å². The average Bonchev–Trinajstić information content (AvgIpc) is 2.49. The Labute approximate surface area is 123 Å². The minimum absolute atomic E-state index is 0.604. The molecule has 0 atom stereocenters. The van der Waals surface area contributed by atoms with Gasteiger partial charge in [-0.25, -0.2) is 4.98 Å². The number of hydrogen-bond acceptors (Lipinski definition) is 4. The lowest BCUT2D eigenvalue weighted by molar-refractivity contribution is 0.468. The number of nitrogens with two attached hydrogens (primary N) is 1. The molecule has 4 heteroatoms. The molecule has 0 aliphatic carbocycles. The van der Waals surface area contributed by atoms with Gasteiger partial charge in [-0.1, -0.05) is 6.07 Å². The van der Waals surface area contributed by atoms with Gasteiger partial charge >= 0.3 is 0 Å². The first-order valence-electron chi connectivity index (χ1n) is 6.79. The number of fused-ring (bicyclic) bond motifs is 1. The predicted molar refractivity (Wildman–Crippen MR) is 87.0 cm³/mol. The van der Waals surface area contributed by atoms with Crippen molar-refractivity contribution in [3.63, 3.8) is 0 Å². The van der Waals surface area contributed by atoms with E-state index < -0.39 is 0 Å². The van der Waals surface area contributed by atoms with Gasteiger partial charge in [-0.05, 0) is 49.4 Å². The van der Waals surface area contributed by atoms with Crippen LogP contribution in [0.2, 0.25) is 0 Å². The van der Waals surface area contributed by atoms with Crippen LogP contribution in [-0.4, -0.2) is 12.0 Å². The molecule has 0 fully saturated rings. The van der Waals surface area contributed by atoms with Crippen molar-refractivity contribution >= 4 is 22.1 Å². The molecule has 2 aromatic carbocycles. The largest absolute Gasteiger partial charge is 0.438 e. The third-order valence-corrected chi connectivity index (χ3v) is 3.33. The summed E-state index contributed by atoms with van der Waals surface area (Å²) in [7, 11) is 1.91. The molecule has 0 aliphatic rings. The Morgan fingerprint density at radius 3 is 2.52 bits per heavy atom. The van der Waals surface area contributed by atoms with Gasteiger partial charge in [0.15, 0.2) is 0 Å². The number of anilines is 2. The van der Waals surface area contributed by atoms with E-state index in [0.29, 0.717) is 11.6 Å². The Kier molecular flexibility index (Phi) is 3.36. The van der Waals surface area contributed by atoms with Gasteiger partial charge in [0.05, 0.1) is 0 Å². The van der Waals surface area contributed by atoms with Crippen molar-refractivity contribution < 1.29 is 4.74 Å². The van der Waals surface area contributed by atoms with E-state index in [-0.39, 0.29) is 0 Å². The Balaban J connectivity index is 2.11. The Morgan fingerprint density at radius 2 is 1.81 bits per heavy atom. The Bertz CT molecular complexity index is 782. The molecular formula is C17H17N3O. The van der Waals surface area contributed by atoms with Crippen LogP contribution >= 0.6 is 0 Å². The zero-order chi connectivity index (χ0) is 14.8. The number of rotatable bonds is 3. The highest BCUT2D eigenvalue weighted by atomic mass is 16.5. The molecule has 0 saturated heterocycles. The smallest absolute Gasteiger partial charge is 0.227 e. The van der Waals surface area contributed by atoms with Gasteiger partial charge in [0.25, 0.3) is 0 Å². The molecule has 106 valence electrons. The van der Waals surface area contributed by atoms with Gasteiger partial charge in [-0.2, -0.15) is 0 Å². The standard InChI is InChI=1S/C17H17N3O/c1-11-10-15-14(4-3-5-16(15)19-2)17(20-11)21-13-8-6-12(18)7-9-13/h3-10,19H,18H2,1-2H3. The number of ether oxygens (including phenoxy) is 1. The highest BCUT2D eigenvalue weighted by Gasteiger charge is 2.09. The molecule has 3 N–H and O–H groups in total. The quantitative estimate of drug-likeness (QED) is 0.712. The number of nitrogens with zero attached hydrogens (tertiary/aromatic N) is 1. The molecule has 0 saturated carbocycles. The molecule has 0 amide bonds. The maximum absolute atomic E-state index is 5.93. The van der Waals surface area contributed by atoms with Gasteiger partial charge in [-0.3, -0.25) is 0 Å². The minimum atomic E-state index is 0.604. The van der Waals surface area contributed by atoms with E-state index in [1.807, 2.05) is 56.4 Å². The Morgan fingerprint density at radius 1 is 1.05 bits per heavy atom. The number of nitrogens with one attached hydrogen (secondary N) is 1. The second kappa shape index (κ2) is 5.32. The average molecular weight is 279 g/mol. The zero-order valence-corrected chi connectivity index (χ0v) is 12.1. The van der Waals surface area contributed by atoms with E-state index in [0.717, 1.165) is 27.9 Å². The second-order valence-corrected chi connectivity index (χ2v) is 4.89. The summed E-state index contributed by atoms with van der Waals surface area (Å²) in [5.41, 5.74) is 8.37. The van der Waals surface area contributed by atoms with Crippen molar-refractivity contribution in [2.45, 2.75) is 6.92 Å². The van der Waals surface area contributed by atoms with Crippen molar-refractivity contribution in [1.29, 1.82) is 0 Å². The molecular weight excluding hydrogens is 262 g/mol. The molecule has 0 unspecified atom stereocenters. The predicted octanol–water partition coefficient (Wildman–Crippen LogP) is 3.96. The van der Waals surface area contributed by atoms with E-state index in [4.69, 9.17) is 10.5 Å². The van der Waals surface area contributed by atoms with Crippen LogP contribution in [-0.2, 0) is 0 Å². The third kappa shape index (κ3) is 2.60. The lowest BCUT2D eigenvalue weighted by Gasteiger charge is -2.12. The first-order valence-corrected chi connectivity index (χ1v) is 6.79. The molecule has 0 bridgehead atoms. The molecule has 0 spiro atoms. The number of hydrogen-bond donors (Lipinski definition) is 2. The van der Waals surface area contributed by atoms with Crippen molar-refractivity contribution in [3.8, 4) is 11.6 Å². The lowest BCUT2D eigenvalue weighted by Crippen LogP contribution is -1.95. The van der Waals surface area contributed by atoms with E-state index >= 15 is 0 Å². The second-order valence-electron chi connectivity index (χ2n) is 4.89. The minimum Gasteiger partial charge on any atom is -0.438 e. The normalized spacial score (nSPS) is 10.6. The van der Waals surface area contributed by atoms with Crippen LogP contribution in [0.15, 0.2) is 48.5 Å². The highest BCUT2D eigenvalue weighted by Crippen LogP contribution is 2.32. The number of benzene rings is 2. The van der Waals surface area contributed by atoms with Crippen LogP contribution in [0.5, 0.6) is 11.6 Å². The zero-order valence-electron chi connectivity index (χ0n) is 12.1. The fourth-order valence-electron chi connectivity index (χ4n) is 2.31. The van der Waals surface area contributed by atoms with Gasteiger partial charge in [0.2, 0.25) is 5.88 Å². The maximum Gasteiger partial charge on any atom is 0.227 e. The molecule has 4 nitrogen and oxygen atoms in total. The van der Waals surface area contributed by atoms with Crippen LogP contribution in [0, 0.1) is 6.92 Å². The fourth-order valence-corrected chi connectivity index (χ4v) is 2.31. The van der Waals surface area contributed by atoms with Crippen LogP contribution < -0.4 is 15.8 Å². The number of aryl methyl sites for hydroxylation is 1. The number of aromatic nitrogens is 1. The van der Waals surface area contributed by atoms with Gasteiger partial charge in [0.1, 0.15) is 5.75 Å². The molecule has 21 heavy (non-hydrogen) atoms. The summed E-state index contributed by atoms with van der Waals surface area (Å²) in [5, 5.41) is 5.27. The fraction of sp³-hybridized carbons (Fsp3) is 0.118. The molecule has 3 aromatic rings. The van der Waals surface area contributed by atoms with Crippen molar-refractivity contribution in [2.24, 2.45) is 0 Å². The monoisotopic (exact) mass is 279 g/mol. The summed E-state index contributed by atoms with van der Waals surface area (Å²) in [6.07, 6.45) is 0. The van der Waals surface area contributed by atoms with E-state index in [1.54, 1.807) is 0 Å². The van der Waals surface area contributed by atoms with Gasteiger partial charge in [0, 0.05) is 34.9 Å². The summed E-state index contributed by atoms with van der Waals surface area (Å²) in [4.78, 5) is 4.51. The lowest BCUT2D eigenvalue weighted by atomic mass is 10.1. The maximum atomic E-state index is 5.93. The van der Waals surface area contributed by atoms with E-state index in [2.05, 4.69) is 16.4 Å². The summed E-state index contributed by atoms with van der Waals surface area (Å²) < 4.78 is 5.93. The Hall–Kier alpha value is -2.75. The third-order valence-electron chi connectivity index (χ3n) is 3.33. The SMILES string of the molecule is CNc1cccc2c(Oc3ccc(N)cc3)nc(C)cc12. The van der Waals surface area contributed by atoms with E-state index in [1.165, 1.54) is 0 Å². The first kappa shape index (κ1) is 13.2. The summed E-state index contributed by atoms with van der Waals surface area (Å²) in [5.74, 6) is 1.32. The van der Waals surface area contributed by atoms with Gasteiger partial charge in [-0.15, -0.1) is 0 Å². The van der Waals surface area contributed by atoms with Crippen LogP contribution in [0.1, 0.15) is 5.69 Å². The number of nitrogen functional groups attached to an aromatic ring is 1.